The van der Waals surface area contributed by atoms with E-state index >= 15 is 0 Å². The number of rotatable bonds is 6. The second-order valence-corrected chi connectivity index (χ2v) is 5.14. The van der Waals surface area contributed by atoms with Gasteiger partial charge in [0.1, 0.15) is 10.7 Å². The molecule has 5 heteroatoms. The van der Waals surface area contributed by atoms with Gasteiger partial charge in [-0.2, -0.15) is 0 Å². The van der Waals surface area contributed by atoms with Crippen LogP contribution >= 0.6 is 11.3 Å². The first-order valence-electron chi connectivity index (χ1n) is 6.07. The molecule has 0 aromatic carbocycles. The number of hydrogen-bond donors (Lipinski definition) is 2. The van der Waals surface area contributed by atoms with E-state index in [9.17, 15) is 4.79 Å². The number of aromatic nitrogens is 1. The van der Waals surface area contributed by atoms with E-state index in [1.165, 1.54) is 11.3 Å². The van der Waals surface area contributed by atoms with Crippen molar-refractivity contribution in [3.8, 4) is 0 Å². The summed E-state index contributed by atoms with van der Waals surface area (Å²) < 4.78 is 0. The highest BCUT2D eigenvalue weighted by Crippen LogP contribution is 2.15. The summed E-state index contributed by atoms with van der Waals surface area (Å²) in [6.45, 7) is 6.86. The molecule has 0 saturated heterocycles. The molecule has 0 radical (unpaired) electrons. The van der Waals surface area contributed by atoms with Crippen LogP contribution in [0.25, 0.3) is 0 Å². The van der Waals surface area contributed by atoms with Gasteiger partial charge >= 0.3 is 0 Å². The molecule has 3 N–H and O–H groups in total. The fraction of sp³-hybridized carbons (Fsp3) is 0.667. The summed E-state index contributed by atoms with van der Waals surface area (Å²) >= 11 is 1.43. The molecule has 1 unspecified atom stereocenters. The summed E-state index contributed by atoms with van der Waals surface area (Å²) in [7, 11) is 0. The van der Waals surface area contributed by atoms with Gasteiger partial charge in [-0.1, -0.05) is 26.7 Å². The maximum Gasteiger partial charge on any atom is 0.270 e. The van der Waals surface area contributed by atoms with E-state index in [2.05, 4.69) is 24.1 Å². The van der Waals surface area contributed by atoms with Crippen LogP contribution < -0.4 is 11.1 Å². The van der Waals surface area contributed by atoms with Crippen LogP contribution in [0.5, 0.6) is 0 Å². The standard InChI is InChI=1S/C12H21N3OS/c1-4-9(5-2)6-14-11(16)10-7-17-12(15-10)8(3)13/h7-9H,4-6,13H2,1-3H3,(H,14,16). The Bertz CT molecular complexity index is 358. The maximum absolute atomic E-state index is 11.8. The van der Waals surface area contributed by atoms with Gasteiger partial charge in [-0.05, 0) is 12.8 Å². The van der Waals surface area contributed by atoms with Crippen molar-refractivity contribution in [1.29, 1.82) is 0 Å². The minimum atomic E-state index is -0.111. The molecular formula is C12H21N3OS. The average Bonchev–Trinajstić information content (AvgIpc) is 2.79. The molecule has 1 rings (SSSR count). The molecular weight excluding hydrogens is 234 g/mol. The summed E-state index contributed by atoms with van der Waals surface area (Å²) in [5.74, 6) is 0.450. The van der Waals surface area contributed by atoms with Crippen LogP contribution in [0.15, 0.2) is 5.38 Å². The normalized spacial score (nSPS) is 12.8. The molecule has 0 bridgehead atoms. The lowest BCUT2D eigenvalue weighted by Crippen LogP contribution is -2.29. The molecule has 1 heterocycles. The number of amides is 1. The van der Waals surface area contributed by atoms with Crippen LogP contribution in [0, 0.1) is 5.92 Å². The average molecular weight is 255 g/mol. The Morgan fingerprint density at radius 1 is 1.53 bits per heavy atom. The Morgan fingerprint density at radius 2 is 2.18 bits per heavy atom. The van der Waals surface area contributed by atoms with Crippen LogP contribution in [0.4, 0.5) is 0 Å². The number of hydrogen-bond acceptors (Lipinski definition) is 4. The molecule has 1 amide bonds. The van der Waals surface area contributed by atoms with Crippen LogP contribution in [-0.2, 0) is 0 Å². The van der Waals surface area contributed by atoms with Crippen LogP contribution in [-0.4, -0.2) is 17.4 Å². The monoisotopic (exact) mass is 255 g/mol. The summed E-state index contributed by atoms with van der Waals surface area (Å²) in [5.41, 5.74) is 6.19. The molecule has 1 aromatic heterocycles. The fourth-order valence-corrected chi connectivity index (χ4v) is 2.26. The van der Waals surface area contributed by atoms with Crippen molar-refractivity contribution < 1.29 is 4.79 Å². The van der Waals surface area contributed by atoms with Crippen LogP contribution in [0.3, 0.4) is 0 Å². The van der Waals surface area contributed by atoms with Gasteiger partial charge in [0, 0.05) is 11.9 Å². The maximum atomic E-state index is 11.8. The number of carbonyl (C=O) groups excluding carboxylic acids is 1. The van der Waals surface area contributed by atoms with E-state index < -0.39 is 0 Å². The summed E-state index contributed by atoms with van der Waals surface area (Å²) in [4.78, 5) is 16.0. The van der Waals surface area contributed by atoms with Crippen molar-refractivity contribution in [1.82, 2.24) is 10.3 Å². The summed E-state index contributed by atoms with van der Waals surface area (Å²) in [6.07, 6.45) is 2.16. The molecule has 0 aliphatic carbocycles. The Kier molecular flexibility index (Phi) is 5.58. The van der Waals surface area contributed by atoms with Crippen molar-refractivity contribution >= 4 is 17.2 Å². The smallest absolute Gasteiger partial charge is 0.270 e. The minimum absolute atomic E-state index is 0.0972. The zero-order valence-corrected chi connectivity index (χ0v) is 11.5. The first-order chi connectivity index (χ1) is 8.08. The molecule has 0 saturated carbocycles. The number of nitrogens with two attached hydrogens (primary N) is 1. The Labute approximate surface area is 107 Å². The van der Waals surface area contributed by atoms with Gasteiger partial charge in [0.2, 0.25) is 0 Å². The summed E-state index contributed by atoms with van der Waals surface area (Å²) in [5, 5.41) is 5.49. The van der Waals surface area contributed by atoms with Gasteiger partial charge in [-0.25, -0.2) is 4.98 Å². The van der Waals surface area contributed by atoms with Crippen molar-refractivity contribution in [3.05, 3.63) is 16.1 Å². The van der Waals surface area contributed by atoms with E-state index in [4.69, 9.17) is 5.73 Å². The first-order valence-corrected chi connectivity index (χ1v) is 6.95. The number of carbonyl (C=O) groups is 1. The Hall–Kier alpha value is -0.940. The van der Waals surface area contributed by atoms with E-state index in [0.29, 0.717) is 11.6 Å². The van der Waals surface area contributed by atoms with Crippen molar-refractivity contribution in [3.63, 3.8) is 0 Å². The third kappa shape index (κ3) is 4.09. The van der Waals surface area contributed by atoms with E-state index in [0.717, 1.165) is 24.4 Å². The number of thiazole rings is 1. The van der Waals surface area contributed by atoms with E-state index in [1.807, 2.05) is 6.92 Å². The predicted molar refractivity (Wildman–Crippen MR) is 71.1 cm³/mol. The van der Waals surface area contributed by atoms with E-state index in [1.54, 1.807) is 5.38 Å². The zero-order valence-electron chi connectivity index (χ0n) is 10.7. The highest BCUT2D eigenvalue weighted by molar-refractivity contribution is 7.09. The molecule has 17 heavy (non-hydrogen) atoms. The van der Waals surface area contributed by atoms with Gasteiger partial charge in [-0.15, -0.1) is 11.3 Å². The molecule has 1 aromatic rings. The lowest BCUT2D eigenvalue weighted by atomic mass is 10.0. The number of nitrogens with one attached hydrogen (secondary N) is 1. The second kappa shape index (κ2) is 6.71. The largest absolute Gasteiger partial charge is 0.350 e. The molecule has 1 atom stereocenters. The SMILES string of the molecule is CCC(CC)CNC(=O)c1csc(C(C)N)n1. The minimum Gasteiger partial charge on any atom is -0.350 e. The third-order valence-corrected chi connectivity index (χ3v) is 3.90. The Balaban J connectivity index is 2.52. The summed E-state index contributed by atoms with van der Waals surface area (Å²) in [6, 6.07) is -0.111. The van der Waals surface area contributed by atoms with Crippen LogP contribution in [0.1, 0.15) is 55.2 Å². The molecule has 0 aliphatic rings. The van der Waals surface area contributed by atoms with Gasteiger partial charge in [0.15, 0.2) is 0 Å². The second-order valence-electron chi connectivity index (χ2n) is 4.25. The van der Waals surface area contributed by atoms with Gasteiger partial charge in [0.25, 0.3) is 5.91 Å². The zero-order chi connectivity index (χ0) is 12.8. The van der Waals surface area contributed by atoms with Gasteiger partial charge < -0.3 is 11.1 Å². The van der Waals surface area contributed by atoms with Crippen LogP contribution in [0.2, 0.25) is 0 Å². The number of nitrogens with zero attached hydrogens (tertiary/aromatic N) is 1. The van der Waals surface area contributed by atoms with E-state index in [-0.39, 0.29) is 11.9 Å². The topological polar surface area (TPSA) is 68.0 Å². The molecule has 96 valence electrons. The lowest BCUT2D eigenvalue weighted by molar-refractivity contribution is 0.0942. The third-order valence-electron chi connectivity index (χ3n) is 2.85. The fourth-order valence-electron chi connectivity index (χ4n) is 1.51. The Morgan fingerprint density at radius 3 is 2.65 bits per heavy atom. The van der Waals surface area contributed by atoms with Gasteiger partial charge in [-0.3, -0.25) is 4.79 Å². The van der Waals surface area contributed by atoms with Crippen molar-refractivity contribution in [2.75, 3.05) is 6.54 Å². The molecule has 0 fully saturated rings. The molecule has 0 aliphatic heterocycles. The highest BCUT2D eigenvalue weighted by Gasteiger charge is 2.13. The van der Waals surface area contributed by atoms with Crippen molar-refractivity contribution in [2.45, 2.75) is 39.7 Å². The molecule has 4 nitrogen and oxygen atoms in total. The lowest BCUT2D eigenvalue weighted by Gasteiger charge is -2.12. The highest BCUT2D eigenvalue weighted by atomic mass is 32.1. The quantitative estimate of drug-likeness (QED) is 0.819. The van der Waals surface area contributed by atoms with Gasteiger partial charge in [0.05, 0.1) is 6.04 Å². The molecule has 0 spiro atoms. The van der Waals surface area contributed by atoms with Crippen molar-refractivity contribution in [2.24, 2.45) is 11.7 Å². The first kappa shape index (κ1) is 14.1. The predicted octanol–water partition coefficient (Wildman–Crippen LogP) is 2.33.